The maximum Gasteiger partial charge on any atom is 0.128 e. The summed E-state index contributed by atoms with van der Waals surface area (Å²) in [6.07, 6.45) is 1.03. The first-order chi connectivity index (χ1) is 7.90. The van der Waals surface area contributed by atoms with Crippen LogP contribution < -0.4 is 5.73 Å². The smallest absolute Gasteiger partial charge is 0.128 e. The molecule has 0 fully saturated rings. The first-order valence-electron chi connectivity index (χ1n) is 6.09. The maximum absolute atomic E-state index is 13.8. The van der Waals surface area contributed by atoms with E-state index in [1.54, 1.807) is 0 Å². The fourth-order valence-corrected chi connectivity index (χ4v) is 1.59. The van der Waals surface area contributed by atoms with Gasteiger partial charge < -0.3 is 5.73 Å². The lowest BCUT2D eigenvalue weighted by Gasteiger charge is -2.35. The molecule has 0 unspecified atom stereocenters. The molecule has 3 heteroatoms. The van der Waals surface area contributed by atoms with E-state index in [-0.39, 0.29) is 11.4 Å². The molecule has 96 valence electrons. The summed E-state index contributed by atoms with van der Waals surface area (Å²) < 4.78 is 13.8. The Balaban J connectivity index is 2.82. The van der Waals surface area contributed by atoms with Crippen LogP contribution in [0.1, 0.15) is 38.3 Å². The number of hydrogen-bond acceptors (Lipinski definition) is 2. The summed E-state index contributed by atoms with van der Waals surface area (Å²) in [6.45, 7) is 7.48. The number of nitrogens with two attached hydrogens (primary N) is 1. The molecule has 0 aliphatic rings. The summed E-state index contributed by atoms with van der Waals surface area (Å²) in [5.41, 5.74) is 7.13. The predicted molar refractivity (Wildman–Crippen MR) is 70.1 cm³/mol. The van der Waals surface area contributed by atoms with Crippen LogP contribution in [0.2, 0.25) is 0 Å². The third kappa shape index (κ3) is 3.51. The molecule has 0 heterocycles. The lowest BCUT2D eigenvalue weighted by Crippen LogP contribution is -2.40. The van der Waals surface area contributed by atoms with Gasteiger partial charge in [0.25, 0.3) is 0 Å². The summed E-state index contributed by atoms with van der Waals surface area (Å²) in [6, 6.07) is 5.26. The van der Waals surface area contributed by atoms with Gasteiger partial charge in [0.05, 0.1) is 0 Å². The number of rotatable bonds is 5. The molecule has 0 spiro atoms. The molecule has 0 saturated carbocycles. The van der Waals surface area contributed by atoms with Crippen molar-refractivity contribution in [2.45, 2.75) is 45.8 Å². The average Bonchev–Trinajstić information content (AvgIpc) is 2.31. The minimum atomic E-state index is -0.160. The van der Waals surface area contributed by atoms with E-state index >= 15 is 0 Å². The van der Waals surface area contributed by atoms with Gasteiger partial charge in [0.15, 0.2) is 0 Å². The highest BCUT2D eigenvalue weighted by Gasteiger charge is 2.21. The van der Waals surface area contributed by atoms with Crippen molar-refractivity contribution in [3.63, 3.8) is 0 Å². The Hall–Kier alpha value is -0.930. The van der Waals surface area contributed by atoms with Crippen LogP contribution in [0, 0.1) is 5.82 Å². The highest BCUT2D eigenvalue weighted by Crippen LogP contribution is 2.20. The van der Waals surface area contributed by atoms with Crippen molar-refractivity contribution in [2.24, 2.45) is 5.73 Å². The normalized spacial score (nSPS) is 12.2. The molecule has 2 nitrogen and oxygen atoms in total. The average molecular weight is 238 g/mol. The maximum atomic E-state index is 13.8. The third-order valence-corrected chi connectivity index (χ3v) is 3.66. The van der Waals surface area contributed by atoms with Crippen LogP contribution in [0.3, 0.4) is 0 Å². The van der Waals surface area contributed by atoms with Crippen molar-refractivity contribution in [1.82, 2.24) is 4.90 Å². The van der Waals surface area contributed by atoms with Crippen LogP contribution in [0.15, 0.2) is 18.2 Å². The highest BCUT2D eigenvalue weighted by atomic mass is 19.1. The van der Waals surface area contributed by atoms with Gasteiger partial charge in [-0.2, -0.15) is 0 Å². The van der Waals surface area contributed by atoms with Gasteiger partial charge in [-0.15, -0.1) is 0 Å². The molecule has 0 aromatic heterocycles. The molecule has 0 aliphatic heterocycles. The minimum Gasteiger partial charge on any atom is -0.326 e. The molecule has 1 rings (SSSR count). The standard InChI is InChI=1S/C14H23FN2/c1-5-14(2,3)17(4)10-12-7-6-11(9-16)8-13(12)15/h6-8H,5,9-10,16H2,1-4H3. The van der Waals surface area contributed by atoms with E-state index in [1.165, 1.54) is 6.07 Å². The van der Waals surface area contributed by atoms with Crippen LogP contribution in [-0.2, 0) is 13.1 Å². The van der Waals surface area contributed by atoms with Gasteiger partial charge in [-0.05, 0) is 38.9 Å². The molecule has 0 aliphatic carbocycles. The van der Waals surface area contributed by atoms with Crippen molar-refractivity contribution < 1.29 is 4.39 Å². The first-order valence-corrected chi connectivity index (χ1v) is 6.09. The van der Waals surface area contributed by atoms with Crippen molar-refractivity contribution in [3.8, 4) is 0 Å². The predicted octanol–water partition coefficient (Wildman–Crippen LogP) is 2.90. The van der Waals surface area contributed by atoms with Gasteiger partial charge >= 0.3 is 0 Å². The number of benzene rings is 1. The summed E-state index contributed by atoms with van der Waals surface area (Å²) in [4.78, 5) is 2.17. The lowest BCUT2D eigenvalue weighted by atomic mass is 9.99. The van der Waals surface area contributed by atoms with Gasteiger partial charge in [0, 0.05) is 24.2 Å². The summed E-state index contributed by atoms with van der Waals surface area (Å²) in [7, 11) is 2.03. The molecule has 1 aromatic carbocycles. The van der Waals surface area contributed by atoms with Gasteiger partial charge in [0.2, 0.25) is 0 Å². The molecule has 2 N–H and O–H groups in total. The Morgan fingerprint density at radius 2 is 2.00 bits per heavy atom. The fraction of sp³-hybridized carbons (Fsp3) is 0.571. The van der Waals surface area contributed by atoms with Gasteiger partial charge in [-0.3, -0.25) is 4.90 Å². The molecule has 0 atom stereocenters. The first kappa shape index (κ1) is 14.1. The summed E-state index contributed by atoms with van der Waals surface area (Å²) >= 11 is 0. The molecule has 17 heavy (non-hydrogen) atoms. The van der Waals surface area contributed by atoms with E-state index in [0.717, 1.165) is 17.5 Å². The van der Waals surface area contributed by atoms with E-state index < -0.39 is 0 Å². The van der Waals surface area contributed by atoms with E-state index in [1.807, 2.05) is 19.2 Å². The topological polar surface area (TPSA) is 29.3 Å². The van der Waals surface area contributed by atoms with Gasteiger partial charge in [0.1, 0.15) is 5.82 Å². The Kier molecular flexibility index (Phi) is 4.66. The lowest BCUT2D eigenvalue weighted by molar-refractivity contribution is 0.141. The number of nitrogens with zero attached hydrogens (tertiary/aromatic N) is 1. The zero-order valence-corrected chi connectivity index (χ0v) is 11.3. The van der Waals surface area contributed by atoms with Crippen LogP contribution >= 0.6 is 0 Å². The number of hydrogen-bond donors (Lipinski definition) is 1. The zero-order chi connectivity index (χ0) is 13.1. The zero-order valence-electron chi connectivity index (χ0n) is 11.3. The molecule has 1 aromatic rings. The van der Waals surface area contributed by atoms with Crippen LogP contribution in [0.25, 0.3) is 0 Å². The van der Waals surface area contributed by atoms with E-state index in [2.05, 4.69) is 25.7 Å². The molecule has 0 amide bonds. The second-order valence-corrected chi connectivity index (χ2v) is 5.15. The Bertz CT molecular complexity index is 374. The van der Waals surface area contributed by atoms with Crippen molar-refractivity contribution >= 4 is 0 Å². The molecule has 0 radical (unpaired) electrons. The molecular formula is C14H23FN2. The summed E-state index contributed by atoms with van der Waals surface area (Å²) in [5, 5.41) is 0. The Morgan fingerprint density at radius 3 is 2.47 bits per heavy atom. The SMILES string of the molecule is CCC(C)(C)N(C)Cc1ccc(CN)cc1F. The monoisotopic (exact) mass is 238 g/mol. The van der Waals surface area contributed by atoms with E-state index in [4.69, 9.17) is 5.73 Å². The quantitative estimate of drug-likeness (QED) is 0.854. The van der Waals surface area contributed by atoms with Crippen molar-refractivity contribution in [2.75, 3.05) is 7.05 Å². The van der Waals surface area contributed by atoms with Gasteiger partial charge in [-0.1, -0.05) is 19.1 Å². The fourth-order valence-electron chi connectivity index (χ4n) is 1.59. The Labute approximate surface area is 104 Å². The highest BCUT2D eigenvalue weighted by molar-refractivity contribution is 5.24. The van der Waals surface area contributed by atoms with Crippen LogP contribution in [0.4, 0.5) is 4.39 Å². The summed E-state index contributed by atoms with van der Waals surface area (Å²) in [5.74, 6) is -0.160. The van der Waals surface area contributed by atoms with Crippen LogP contribution in [0.5, 0.6) is 0 Å². The third-order valence-electron chi connectivity index (χ3n) is 3.66. The molecular weight excluding hydrogens is 215 g/mol. The van der Waals surface area contributed by atoms with E-state index in [9.17, 15) is 4.39 Å². The molecule has 0 saturated heterocycles. The van der Waals surface area contributed by atoms with Crippen molar-refractivity contribution in [3.05, 3.63) is 35.1 Å². The Morgan fingerprint density at radius 1 is 1.35 bits per heavy atom. The van der Waals surface area contributed by atoms with Crippen molar-refractivity contribution in [1.29, 1.82) is 0 Å². The van der Waals surface area contributed by atoms with Crippen LogP contribution in [-0.4, -0.2) is 17.5 Å². The van der Waals surface area contributed by atoms with Gasteiger partial charge in [-0.25, -0.2) is 4.39 Å². The minimum absolute atomic E-state index is 0.0823. The van der Waals surface area contributed by atoms with E-state index in [0.29, 0.717) is 13.1 Å². The largest absolute Gasteiger partial charge is 0.326 e. The molecule has 0 bridgehead atoms. The second kappa shape index (κ2) is 5.61. The second-order valence-electron chi connectivity index (χ2n) is 5.15. The number of halogens is 1.